The van der Waals surface area contributed by atoms with E-state index in [9.17, 15) is 22.0 Å². The van der Waals surface area contributed by atoms with E-state index in [1.165, 1.54) is 19.3 Å². The molecule has 0 heterocycles. The Labute approximate surface area is 225 Å². The normalized spacial score (nSPS) is 13.2. The molecule has 0 amide bonds. The van der Waals surface area contributed by atoms with Crippen molar-refractivity contribution in [2.24, 2.45) is 5.92 Å². The summed E-state index contributed by atoms with van der Waals surface area (Å²) in [6.45, 7) is 13.5. The van der Waals surface area contributed by atoms with Crippen molar-refractivity contribution in [1.82, 2.24) is 0 Å². The molecule has 222 valence electrons. The number of benzene rings is 1. The Kier molecular flexibility index (Phi) is 15.7. The van der Waals surface area contributed by atoms with Crippen LogP contribution in [0.15, 0.2) is 0 Å². The molecule has 4 nitrogen and oxygen atoms in total. The lowest BCUT2D eigenvalue weighted by molar-refractivity contribution is -0.433. The van der Waals surface area contributed by atoms with Crippen molar-refractivity contribution in [2.75, 3.05) is 6.61 Å². The quantitative estimate of drug-likeness (QED) is 0.0529. The van der Waals surface area contributed by atoms with Crippen LogP contribution in [0.3, 0.4) is 0 Å². The molecule has 1 aromatic rings. The van der Waals surface area contributed by atoms with Crippen LogP contribution in [-0.2, 0) is 14.2 Å². The van der Waals surface area contributed by atoms with Gasteiger partial charge in [0.1, 0.15) is 0 Å². The fourth-order valence-electron chi connectivity index (χ4n) is 4.41. The molecule has 0 saturated carbocycles. The van der Waals surface area contributed by atoms with Crippen molar-refractivity contribution in [1.29, 1.82) is 0 Å². The van der Waals surface area contributed by atoms with Crippen LogP contribution in [0, 0.1) is 35.0 Å². The summed E-state index contributed by atoms with van der Waals surface area (Å²) in [5.41, 5.74) is 0. The van der Waals surface area contributed by atoms with Gasteiger partial charge in [0.2, 0.25) is 29.1 Å². The summed E-state index contributed by atoms with van der Waals surface area (Å²) in [7, 11) is 0. The summed E-state index contributed by atoms with van der Waals surface area (Å²) in [5, 5.41) is 0. The maximum absolute atomic E-state index is 13.9. The maximum Gasteiger partial charge on any atom is 0.286 e. The van der Waals surface area contributed by atoms with Gasteiger partial charge in [0.05, 0.1) is 24.9 Å². The molecule has 1 aromatic carbocycles. The Morgan fingerprint density at radius 1 is 0.553 bits per heavy atom. The van der Waals surface area contributed by atoms with Crippen LogP contribution >= 0.6 is 0 Å². The van der Waals surface area contributed by atoms with Crippen molar-refractivity contribution < 1.29 is 40.9 Å². The molecule has 38 heavy (non-hydrogen) atoms. The summed E-state index contributed by atoms with van der Waals surface area (Å²) in [6, 6.07) is 0. The predicted molar refractivity (Wildman–Crippen MR) is 138 cm³/mol. The zero-order valence-electron chi connectivity index (χ0n) is 24.1. The average molecular weight is 555 g/mol. The third-order valence-electron chi connectivity index (χ3n) is 5.97. The number of hydrogen-bond donors (Lipinski definition) is 0. The van der Waals surface area contributed by atoms with Gasteiger partial charge in [-0.15, -0.1) is 0 Å². The van der Waals surface area contributed by atoms with Crippen LogP contribution in [0.1, 0.15) is 113 Å². The Hall–Kier alpha value is -1.45. The molecule has 1 rings (SSSR count). The third kappa shape index (κ3) is 11.0. The Morgan fingerprint density at radius 2 is 0.947 bits per heavy atom. The van der Waals surface area contributed by atoms with Crippen LogP contribution in [-0.4, -0.2) is 30.9 Å². The van der Waals surface area contributed by atoms with Gasteiger partial charge in [-0.05, 0) is 67.2 Å². The number of hydrogen-bond acceptors (Lipinski definition) is 4. The smallest absolute Gasteiger partial charge is 0.286 e. The van der Waals surface area contributed by atoms with Crippen LogP contribution in [0.5, 0.6) is 5.75 Å². The Balaban J connectivity index is 2.97. The Morgan fingerprint density at radius 3 is 1.39 bits per heavy atom. The van der Waals surface area contributed by atoms with E-state index in [4.69, 9.17) is 18.9 Å². The van der Waals surface area contributed by atoms with Gasteiger partial charge in [-0.1, -0.05) is 45.4 Å². The third-order valence-corrected chi connectivity index (χ3v) is 5.97. The molecular formula is C29H47F5O4. The molecule has 1 unspecified atom stereocenters. The first kappa shape index (κ1) is 34.6. The van der Waals surface area contributed by atoms with Gasteiger partial charge in [0.15, 0.2) is 5.75 Å². The van der Waals surface area contributed by atoms with Crippen molar-refractivity contribution in [3.05, 3.63) is 29.1 Å². The van der Waals surface area contributed by atoms with Gasteiger partial charge in [0.25, 0.3) is 5.97 Å². The molecule has 0 saturated heterocycles. The van der Waals surface area contributed by atoms with Gasteiger partial charge < -0.3 is 18.9 Å². The Bertz CT molecular complexity index is 761. The molecule has 9 heteroatoms. The fourth-order valence-corrected chi connectivity index (χ4v) is 4.41. The van der Waals surface area contributed by atoms with E-state index in [-0.39, 0.29) is 30.8 Å². The van der Waals surface area contributed by atoms with E-state index in [0.29, 0.717) is 19.3 Å². The summed E-state index contributed by atoms with van der Waals surface area (Å²) in [6.07, 6.45) is 8.49. The molecule has 1 atom stereocenters. The zero-order chi connectivity index (χ0) is 28.9. The first-order valence-corrected chi connectivity index (χ1v) is 14.0. The molecule has 0 aromatic heterocycles. The molecule has 0 fully saturated rings. The van der Waals surface area contributed by atoms with Crippen molar-refractivity contribution in [3.8, 4) is 5.75 Å². The standard InChI is InChI=1S/C29H47F5O4/c1-8-9-10-11-12-13-16-22(29(36-19(2)3,37-20(4)5)38-21(6)7)17-14-15-18-35-28-26(33)24(31)23(30)25(32)27(28)34/h19-22H,8-18H2,1-7H3. The van der Waals surface area contributed by atoms with Gasteiger partial charge in [-0.2, -0.15) is 8.78 Å². The second-order valence-electron chi connectivity index (χ2n) is 10.6. The highest BCUT2D eigenvalue weighted by Crippen LogP contribution is 2.37. The minimum Gasteiger partial charge on any atom is -0.487 e. The van der Waals surface area contributed by atoms with E-state index in [1.807, 2.05) is 41.5 Å². The van der Waals surface area contributed by atoms with Crippen molar-refractivity contribution >= 4 is 0 Å². The molecule has 0 radical (unpaired) electrons. The molecule has 0 aliphatic heterocycles. The highest BCUT2D eigenvalue weighted by molar-refractivity contribution is 5.29. The van der Waals surface area contributed by atoms with E-state index in [0.717, 1.165) is 25.7 Å². The number of halogens is 5. The molecule has 0 bridgehead atoms. The molecule has 0 N–H and O–H groups in total. The largest absolute Gasteiger partial charge is 0.487 e. The lowest BCUT2D eigenvalue weighted by Crippen LogP contribution is -2.51. The highest BCUT2D eigenvalue weighted by Gasteiger charge is 2.44. The summed E-state index contributed by atoms with van der Waals surface area (Å²) < 4.78 is 92.0. The van der Waals surface area contributed by atoms with Gasteiger partial charge in [-0.3, -0.25) is 0 Å². The van der Waals surface area contributed by atoms with E-state index < -0.39 is 40.8 Å². The number of ether oxygens (including phenoxy) is 4. The van der Waals surface area contributed by atoms with Crippen molar-refractivity contribution in [3.63, 3.8) is 0 Å². The second-order valence-corrected chi connectivity index (χ2v) is 10.6. The average Bonchev–Trinajstić information content (AvgIpc) is 2.82. The molecular weight excluding hydrogens is 507 g/mol. The monoisotopic (exact) mass is 554 g/mol. The van der Waals surface area contributed by atoms with Gasteiger partial charge in [-0.25, -0.2) is 13.2 Å². The minimum absolute atomic E-state index is 0.143. The van der Waals surface area contributed by atoms with Crippen LogP contribution in [0.2, 0.25) is 0 Å². The van der Waals surface area contributed by atoms with Gasteiger partial charge >= 0.3 is 0 Å². The molecule has 0 aliphatic rings. The highest BCUT2D eigenvalue weighted by atomic mass is 19.2. The fraction of sp³-hybridized carbons (Fsp3) is 0.793. The summed E-state index contributed by atoms with van der Waals surface area (Å²) in [4.78, 5) is 0. The number of unbranched alkanes of at least 4 members (excludes halogenated alkanes) is 6. The van der Waals surface area contributed by atoms with Crippen LogP contribution in [0.25, 0.3) is 0 Å². The van der Waals surface area contributed by atoms with Crippen LogP contribution in [0.4, 0.5) is 22.0 Å². The van der Waals surface area contributed by atoms with E-state index in [1.54, 1.807) is 0 Å². The van der Waals surface area contributed by atoms with Crippen molar-refractivity contribution in [2.45, 2.75) is 137 Å². The molecule has 0 aliphatic carbocycles. The summed E-state index contributed by atoms with van der Waals surface area (Å²) in [5.74, 6) is -12.9. The predicted octanol–water partition coefficient (Wildman–Crippen LogP) is 9.23. The zero-order valence-corrected chi connectivity index (χ0v) is 24.1. The van der Waals surface area contributed by atoms with Crippen LogP contribution < -0.4 is 4.74 Å². The molecule has 0 spiro atoms. The first-order chi connectivity index (χ1) is 17.9. The van der Waals surface area contributed by atoms with E-state index in [2.05, 4.69) is 6.92 Å². The van der Waals surface area contributed by atoms with Gasteiger partial charge in [0, 0.05) is 5.92 Å². The minimum atomic E-state index is -2.21. The SMILES string of the molecule is CCCCCCCCC(CCCCOc1c(F)c(F)c(F)c(F)c1F)C(OC(C)C)(OC(C)C)OC(C)C. The number of rotatable bonds is 20. The second kappa shape index (κ2) is 17.3. The summed E-state index contributed by atoms with van der Waals surface area (Å²) >= 11 is 0. The van der Waals surface area contributed by atoms with E-state index >= 15 is 0 Å². The lowest BCUT2D eigenvalue weighted by atomic mass is 9.92. The topological polar surface area (TPSA) is 36.9 Å². The lowest BCUT2D eigenvalue weighted by Gasteiger charge is -2.43. The maximum atomic E-state index is 13.9. The first-order valence-electron chi connectivity index (χ1n) is 14.0.